The Morgan fingerprint density at radius 2 is 1.67 bits per heavy atom. The third-order valence-electron chi connectivity index (χ3n) is 4.31. The third-order valence-corrected chi connectivity index (χ3v) is 4.86. The van der Waals surface area contributed by atoms with Crippen LogP contribution < -0.4 is 5.32 Å². The molecule has 0 atom stereocenters. The Bertz CT molecular complexity index is 798. The molecule has 1 heterocycles. The third kappa shape index (κ3) is 6.06. The standard InChI is InChI=1S/C20H26N4O2S/c1-13-6-8-16(9-7-13)23-18(25)12-24(4)19(26)11-10-17-14(2)21-20(27-5)22-15(17)3/h6-9H,10-12H2,1-5H3,(H,23,25). The predicted octanol–water partition coefficient (Wildman–Crippen LogP) is 3.15. The Morgan fingerprint density at radius 1 is 1.07 bits per heavy atom. The average Bonchev–Trinajstić information content (AvgIpc) is 2.62. The topological polar surface area (TPSA) is 75.2 Å². The molecule has 0 radical (unpaired) electrons. The quantitative estimate of drug-likeness (QED) is 0.584. The number of thioether (sulfide) groups is 1. The van der Waals surface area contributed by atoms with Crippen molar-refractivity contribution in [3.63, 3.8) is 0 Å². The molecule has 0 saturated carbocycles. The van der Waals surface area contributed by atoms with E-state index in [4.69, 9.17) is 0 Å². The van der Waals surface area contributed by atoms with Gasteiger partial charge in [-0.25, -0.2) is 9.97 Å². The lowest BCUT2D eigenvalue weighted by Crippen LogP contribution is -2.35. The first kappa shape index (κ1) is 20.9. The van der Waals surface area contributed by atoms with Crippen molar-refractivity contribution in [2.75, 3.05) is 25.2 Å². The number of hydrogen-bond donors (Lipinski definition) is 1. The second kappa shape index (κ2) is 9.50. The lowest BCUT2D eigenvalue weighted by Gasteiger charge is -2.17. The largest absolute Gasteiger partial charge is 0.336 e. The molecule has 0 aliphatic rings. The molecule has 27 heavy (non-hydrogen) atoms. The van der Waals surface area contributed by atoms with E-state index in [9.17, 15) is 9.59 Å². The van der Waals surface area contributed by atoms with Gasteiger partial charge in [0, 0.05) is 30.5 Å². The first-order valence-corrected chi connectivity index (χ1v) is 10.0. The van der Waals surface area contributed by atoms with Crippen LogP contribution in [0.1, 0.15) is 28.9 Å². The molecule has 7 heteroatoms. The van der Waals surface area contributed by atoms with E-state index in [1.807, 2.05) is 51.3 Å². The number of aromatic nitrogens is 2. The van der Waals surface area contributed by atoms with Gasteiger partial charge in [0.1, 0.15) is 0 Å². The number of rotatable bonds is 7. The molecule has 2 amide bonds. The fraction of sp³-hybridized carbons (Fsp3) is 0.400. The van der Waals surface area contributed by atoms with E-state index >= 15 is 0 Å². The van der Waals surface area contributed by atoms with Gasteiger partial charge in [0.15, 0.2) is 5.16 Å². The molecule has 0 spiro atoms. The van der Waals surface area contributed by atoms with E-state index in [2.05, 4.69) is 15.3 Å². The zero-order valence-corrected chi connectivity index (χ0v) is 17.3. The number of likely N-dealkylation sites (N-methyl/N-ethyl adjacent to an activating group) is 1. The van der Waals surface area contributed by atoms with Crippen molar-refractivity contribution in [3.05, 3.63) is 46.8 Å². The van der Waals surface area contributed by atoms with Gasteiger partial charge in [-0.2, -0.15) is 0 Å². The number of carbonyl (C=O) groups is 2. The molecular formula is C20H26N4O2S. The molecule has 0 saturated heterocycles. The maximum Gasteiger partial charge on any atom is 0.243 e. The van der Waals surface area contributed by atoms with Gasteiger partial charge in [-0.05, 0) is 51.1 Å². The van der Waals surface area contributed by atoms with Gasteiger partial charge in [-0.15, -0.1) is 0 Å². The molecule has 0 fully saturated rings. The maximum atomic E-state index is 12.4. The van der Waals surface area contributed by atoms with Crippen molar-refractivity contribution in [2.24, 2.45) is 0 Å². The minimum absolute atomic E-state index is 0.0204. The highest BCUT2D eigenvalue weighted by Crippen LogP contribution is 2.17. The summed E-state index contributed by atoms with van der Waals surface area (Å²) < 4.78 is 0. The summed E-state index contributed by atoms with van der Waals surface area (Å²) in [5.41, 5.74) is 4.65. The lowest BCUT2D eigenvalue weighted by molar-refractivity contribution is -0.133. The van der Waals surface area contributed by atoms with Crippen molar-refractivity contribution < 1.29 is 9.59 Å². The van der Waals surface area contributed by atoms with Crippen molar-refractivity contribution >= 4 is 29.3 Å². The van der Waals surface area contributed by atoms with E-state index in [0.29, 0.717) is 12.8 Å². The van der Waals surface area contributed by atoms with Crippen molar-refractivity contribution in [3.8, 4) is 0 Å². The molecule has 0 aliphatic carbocycles. The highest BCUT2D eigenvalue weighted by Gasteiger charge is 2.15. The monoisotopic (exact) mass is 386 g/mol. The molecule has 1 N–H and O–H groups in total. The Kier molecular flexibility index (Phi) is 7.36. The summed E-state index contributed by atoms with van der Waals surface area (Å²) in [6.45, 7) is 5.88. The molecule has 1 aromatic carbocycles. The Morgan fingerprint density at radius 3 is 2.22 bits per heavy atom. The molecule has 6 nitrogen and oxygen atoms in total. The van der Waals surface area contributed by atoms with E-state index < -0.39 is 0 Å². The van der Waals surface area contributed by atoms with Crippen LogP contribution in [0.2, 0.25) is 0 Å². The molecule has 0 aliphatic heterocycles. The van der Waals surface area contributed by atoms with Gasteiger partial charge in [-0.1, -0.05) is 29.5 Å². The number of hydrogen-bond acceptors (Lipinski definition) is 5. The molecule has 1 aromatic heterocycles. The second-order valence-corrected chi connectivity index (χ2v) is 7.30. The summed E-state index contributed by atoms with van der Waals surface area (Å²) in [4.78, 5) is 34.9. The number of carbonyl (C=O) groups excluding carboxylic acids is 2. The van der Waals surface area contributed by atoms with Crippen LogP contribution >= 0.6 is 11.8 Å². The van der Waals surface area contributed by atoms with Crippen LogP contribution in [0, 0.1) is 20.8 Å². The maximum absolute atomic E-state index is 12.4. The smallest absolute Gasteiger partial charge is 0.243 e. The van der Waals surface area contributed by atoms with Crippen LogP contribution in [0.15, 0.2) is 29.4 Å². The fourth-order valence-electron chi connectivity index (χ4n) is 2.73. The number of aryl methyl sites for hydroxylation is 3. The van der Waals surface area contributed by atoms with Gasteiger partial charge in [-0.3, -0.25) is 9.59 Å². The SMILES string of the molecule is CSc1nc(C)c(CCC(=O)N(C)CC(=O)Nc2ccc(C)cc2)c(C)n1. The Hall–Kier alpha value is -2.41. The normalized spacial score (nSPS) is 10.6. The summed E-state index contributed by atoms with van der Waals surface area (Å²) in [6, 6.07) is 7.55. The minimum atomic E-state index is -0.213. The summed E-state index contributed by atoms with van der Waals surface area (Å²) in [6.07, 6.45) is 2.82. The van der Waals surface area contributed by atoms with E-state index in [1.54, 1.807) is 7.05 Å². The number of benzene rings is 1. The predicted molar refractivity (Wildman–Crippen MR) is 109 cm³/mol. The number of nitrogens with one attached hydrogen (secondary N) is 1. The summed E-state index contributed by atoms with van der Waals surface area (Å²) in [5, 5.41) is 3.55. The van der Waals surface area contributed by atoms with Gasteiger partial charge >= 0.3 is 0 Å². The van der Waals surface area contributed by atoms with Crippen molar-refractivity contribution in [1.82, 2.24) is 14.9 Å². The number of amides is 2. The van der Waals surface area contributed by atoms with Crippen LogP contribution in [0.5, 0.6) is 0 Å². The Labute approximate surface area is 164 Å². The molecule has 2 rings (SSSR count). The van der Waals surface area contributed by atoms with Gasteiger partial charge in [0.05, 0.1) is 6.54 Å². The van der Waals surface area contributed by atoms with Crippen LogP contribution in [0.25, 0.3) is 0 Å². The molecular weight excluding hydrogens is 360 g/mol. The van der Waals surface area contributed by atoms with Gasteiger partial charge in [0.2, 0.25) is 11.8 Å². The van der Waals surface area contributed by atoms with Crippen LogP contribution in [-0.2, 0) is 16.0 Å². The number of anilines is 1. The first-order chi connectivity index (χ1) is 12.8. The lowest BCUT2D eigenvalue weighted by atomic mass is 10.1. The molecule has 0 bridgehead atoms. The zero-order valence-electron chi connectivity index (χ0n) is 16.5. The summed E-state index contributed by atoms with van der Waals surface area (Å²) in [5.74, 6) is -0.295. The highest BCUT2D eigenvalue weighted by atomic mass is 32.2. The van der Waals surface area contributed by atoms with E-state index in [-0.39, 0.29) is 18.4 Å². The molecule has 2 aromatic rings. The van der Waals surface area contributed by atoms with Crippen LogP contribution in [-0.4, -0.2) is 46.5 Å². The summed E-state index contributed by atoms with van der Waals surface area (Å²) >= 11 is 1.50. The van der Waals surface area contributed by atoms with E-state index in [0.717, 1.165) is 33.4 Å². The first-order valence-electron chi connectivity index (χ1n) is 8.78. The van der Waals surface area contributed by atoms with Crippen molar-refractivity contribution in [2.45, 2.75) is 38.8 Å². The highest BCUT2D eigenvalue weighted by molar-refractivity contribution is 7.98. The molecule has 0 unspecified atom stereocenters. The Balaban J connectivity index is 1.88. The van der Waals surface area contributed by atoms with Crippen molar-refractivity contribution in [1.29, 1.82) is 0 Å². The minimum Gasteiger partial charge on any atom is -0.336 e. The number of nitrogens with zero attached hydrogens (tertiary/aromatic N) is 3. The van der Waals surface area contributed by atoms with Crippen LogP contribution in [0.4, 0.5) is 5.69 Å². The summed E-state index contributed by atoms with van der Waals surface area (Å²) in [7, 11) is 1.64. The zero-order chi connectivity index (χ0) is 20.0. The van der Waals surface area contributed by atoms with E-state index in [1.165, 1.54) is 16.7 Å². The van der Waals surface area contributed by atoms with Gasteiger partial charge in [0.25, 0.3) is 0 Å². The van der Waals surface area contributed by atoms with Gasteiger partial charge < -0.3 is 10.2 Å². The molecule has 144 valence electrons. The average molecular weight is 387 g/mol. The fourth-order valence-corrected chi connectivity index (χ4v) is 3.18. The van der Waals surface area contributed by atoms with Crippen LogP contribution in [0.3, 0.4) is 0 Å². The second-order valence-electron chi connectivity index (χ2n) is 6.52.